The predicted octanol–water partition coefficient (Wildman–Crippen LogP) is 2.61. The SMILES string of the molecule is C1CCNC1.CC1=CNCC=C1.CO.NC1=CCC(S)C=C1.[HH].[HH]. The van der Waals surface area contributed by atoms with Crippen molar-refractivity contribution in [3.8, 4) is 0 Å². The second-order valence-corrected chi connectivity index (χ2v) is 5.69. The maximum atomic E-state index is 7.00. The van der Waals surface area contributed by atoms with Gasteiger partial charge in [0.05, 0.1) is 0 Å². The Hall–Kier alpha value is -1.17. The lowest BCUT2D eigenvalue weighted by Gasteiger charge is -2.05. The Kier molecular flexibility index (Phi) is 14.0. The Bertz CT molecular complexity index is 388. The minimum Gasteiger partial charge on any atom is -0.400 e. The van der Waals surface area contributed by atoms with Gasteiger partial charge in [-0.15, -0.1) is 0 Å². The molecule has 1 aliphatic carbocycles. The van der Waals surface area contributed by atoms with Gasteiger partial charge in [0.15, 0.2) is 0 Å². The van der Waals surface area contributed by atoms with Gasteiger partial charge in [0.2, 0.25) is 0 Å². The van der Waals surface area contributed by atoms with Crippen LogP contribution < -0.4 is 16.4 Å². The van der Waals surface area contributed by atoms with E-state index >= 15 is 0 Å². The van der Waals surface area contributed by atoms with Gasteiger partial charge in [-0.05, 0) is 57.1 Å². The van der Waals surface area contributed by atoms with E-state index in [0.717, 1.165) is 25.8 Å². The third-order valence-corrected chi connectivity index (χ3v) is 3.39. The Morgan fingerprint density at radius 1 is 1.27 bits per heavy atom. The zero-order chi connectivity index (χ0) is 16.6. The number of allylic oxidation sites excluding steroid dienone is 4. The molecule has 2 heterocycles. The molecule has 0 aromatic rings. The summed E-state index contributed by atoms with van der Waals surface area (Å²) >= 11 is 4.22. The molecule has 0 spiro atoms. The summed E-state index contributed by atoms with van der Waals surface area (Å²) in [6.07, 6.45) is 15.8. The third kappa shape index (κ3) is 12.6. The summed E-state index contributed by atoms with van der Waals surface area (Å²) in [7, 11) is 1.00. The quantitative estimate of drug-likeness (QED) is 0.443. The number of nitrogens with one attached hydrogen (secondary N) is 2. The van der Waals surface area contributed by atoms with E-state index < -0.39 is 0 Å². The van der Waals surface area contributed by atoms with Crippen molar-refractivity contribution in [3.05, 3.63) is 47.9 Å². The van der Waals surface area contributed by atoms with Gasteiger partial charge in [-0.3, -0.25) is 0 Å². The highest BCUT2D eigenvalue weighted by molar-refractivity contribution is 7.81. The Morgan fingerprint density at radius 2 is 1.95 bits per heavy atom. The first-order valence-electron chi connectivity index (χ1n) is 7.72. The summed E-state index contributed by atoms with van der Waals surface area (Å²) in [5.41, 5.74) is 7.59. The van der Waals surface area contributed by atoms with Gasteiger partial charge in [-0.25, -0.2) is 0 Å². The van der Waals surface area contributed by atoms with E-state index in [-0.39, 0.29) is 2.85 Å². The standard InChI is InChI=1S/C6H9NS.C6H9N.C4H9N.CH4O.2H2/c7-5-1-3-6(8)4-2-5;1-6-3-2-4-7-5-6;1-2-4-5-3-1;1-2;;/h1-3,6,8H,4,7H2;2-3,5,7H,4H2,1H3;5H,1-4H2;2H,1H3;2*1H. The minimum absolute atomic E-state index is 0. The van der Waals surface area contributed by atoms with Gasteiger partial charge >= 0.3 is 0 Å². The fourth-order valence-corrected chi connectivity index (χ4v) is 2.02. The molecule has 22 heavy (non-hydrogen) atoms. The first-order chi connectivity index (χ1) is 10.7. The van der Waals surface area contributed by atoms with E-state index in [1.807, 2.05) is 24.4 Å². The van der Waals surface area contributed by atoms with Crippen LogP contribution in [0.25, 0.3) is 0 Å². The Morgan fingerprint density at radius 3 is 2.23 bits per heavy atom. The Labute approximate surface area is 143 Å². The first kappa shape index (κ1) is 20.8. The van der Waals surface area contributed by atoms with E-state index in [9.17, 15) is 0 Å². The van der Waals surface area contributed by atoms with Crippen LogP contribution in [0.1, 0.15) is 29.0 Å². The molecular weight excluding hydrogens is 294 g/mol. The second-order valence-electron chi connectivity index (χ2n) is 5.02. The maximum absolute atomic E-state index is 7.00. The van der Waals surface area contributed by atoms with Crippen LogP contribution in [0, 0.1) is 0 Å². The summed E-state index contributed by atoms with van der Waals surface area (Å²) in [5, 5.41) is 13.7. The molecule has 5 N–H and O–H groups in total. The summed E-state index contributed by atoms with van der Waals surface area (Å²) in [6.45, 7) is 5.56. The van der Waals surface area contributed by atoms with Crippen LogP contribution >= 0.6 is 12.6 Å². The summed E-state index contributed by atoms with van der Waals surface area (Å²) in [5.74, 6) is 0. The fourth-order valence-electron chi connectivity index (χ4n) is 1.83. The Balaban J connectivity index is -0.000000256. The molecule has 0 bridgehead atoms. The van der Waals surface area contributed by atoms with Crippen molar-refractivity contribution in [3.63, 3.8) is 0 Å². The van der Waals surface area contributed by atoms with Gasteiger partial charge in [0.1, 0.15) is 0 Å². The predicted molar refractivity (Wildman–Crippen MR) is 104 cm³/mol. The molecule has 1 fully saturated rings. The van der Waals surface area contributed by atoms with Crippen molar-refractivity contribution in [2.45, 2.75) is 31.4 Å². The zero-order valence-electron chi connectivity index (χ0n) is 13.8. The molecule has 130 valence electrons. The first-order valence-corrected chi connectivity index (χ1v) is 8.24. The van der Waals surface area contributed by atoms with Crippen LogP contribution in [0.5, 0.6) is 0 Å². The van der Waals surface area contributed by atoms with Crippen molar-refractivity contribution < 1.29 is 7.96 Å². The van der Waals surface area contributed by atoms with Crippen molar-refractivity contribution in [2.75, 3.05) is 26.7 Å². The van der Waals surface area contributed by atoms with Crippen LogP contribution in [0.4, 0.5) is 0 Å². The normalized spacial score (nSPS) is 21.5. The lowest BCUT2D eigenvalue weighted by atomic mass is 10.1. The summed E-state index contributed by atoms with van der Waals surface area (Å²) in [4.78, 5) is 0. The summed E-state index contributed by atoms with van der Waals surface area (Å²) in [6, 6.07) is 0. The molecular formula is C17H35N3OS. The number of dihydropyridines is 1. The van der Waals surface area contributed by atoms with Crippen LogP contribution in [0.15, 0.2) is 47.9 Å². The van der Waals surface area contributed by atoms with Crippen LogP contribution in [-0.4, -0.2) is 37.1 Å². The van der Waals surface area contributed by atoms with Crippen molar-refractivity contribution in [1.29, 1.82) is 0 Å². The molecule has 5 heteroatoms. The number of aliphatic hydroxyl groups is 1. The number of aliphatic hydroxyl groups excluding tert-OH is 1. The number of nitrogens with two attached hydrogens (primary N) is 1. The maximum Gasteiger partial charge on any atom is 0.0328 e. The molecule has 0 radical (unpaired) electrons. The summed E-state index contributed by atoms with van der Waals surface area (Å²) < 4.78 is 0. The zero-order valence-corrected chi connectivity index (χ0v) is 14.7. The average Bonchev–Trinajstić information content (AvgIpc) is 3.13. The van der Waals surface area contributed by atoms with E-state index in [2.05, 4.69) is 42.3 Å². The van der Waals surface area contributed by atoms with Crippen LogP contribution in [-0.2, 0) is 0 Å². The molecule has 2 aliphatic heterocycles. The monoisotopic (exact) mass is 329 g/mol. The largest absolute Gasteiger partial charge is 0.400 e. The number of hydrogen-bond donors (Lipinski definition) is 5. The molecule has 4 nitrogen and oxygen atoms in total. The molecule has 0 aromatic heterocycles. The molecule has 1 saturated heterocycles. The molecule has 0 aromatic carbocycles. The number of thiol groups is 1. The highest BCUT2D eigenvalue weighted by atomic mass is 32.1. The van der Waals surface area contributed by atoms with Gasteiger partial charge in [0.25, 0.3) is 0 Å². The topological polar surface area (TPSA) is 70.3 Å². The second kappa shape index (κ2) is 14.8. The van der Waals surface area contributed by atoms with Gasteiger partial charge in [-0.2, -0.15) is 12.6 Å². The van der Waals surface area contributed by atoms with Gasteiger partial charge < -0.3 is 21.5 Å². The highest BCUT2D eigenvalue weighted by Gasteiger charge is 1.99. The smallest absolute Gasteiger partial charge is 0.0328 e. The van der Waals surface area contributed by atoms with Crippen LogP contribution in [0.3, 0.4) is 0 Å². The minimum atomic E-state index is 0. The molecule has 0 amide bonds. The van der Waals surface area contributed by atoms with Gasteiger partial charge in [0, 0.05) is 27.5 Å². The lowest BCUT2D eigenvalue weighted by Crippen LogP contribution is -2.07. The molecule has 0 saturated carbocycles. The van der Waals surface area contributed by atoms with Crippen molar-refractivity contribution in [2.24, 2.45) is 5.73 Å². The highest BCUT2D eigenvalue weighted by Crippen LogP contribution is 2.10. The van der Waals surface area contributed by atoms with Gasteiger partial charge in [-0.1, -0.05) is 24.3 Å². The molecule has 3 aliphatic rings. The van der Waals surface area contributed by atoms with Crippen molar-refractivity contribution >= 4 is 12.6 Å². The molecule has 1 unspecified atom stereocenters. The third-order valence-electron chi connectivity index (χ3n) is 3.01. The van der Waals surface area contributed by atoms with Crippen LogP contribution in [0.2, 0.25) is 0 Å². The number of rotatable bonds is 0. The van der Waals surface area contributed by atoms with Crippen molar-refractivity contribution in [1.82, 2.24) is 10.6 Å². The molecule has 3 rings (SSSR count). The molecule has 1 atom stereocenters. The fraction of sp³-hybridized carbons (Fsp3) is 0.529. The van der Waals surface area contributed by atoms with E-state index in [1.165, 1.54) is 31.5 Å². The van der Waals surface area contributed by atoms with E-state index in [4.69, 9.17) is 10.8 Å². The van der Waals surface area contributed by atoms with E-state index in [0.29, 0.717) is 5.25 Å². The van der Waals surface area contributed by atoms with E-state index in [1.54, 1.807) is 0 Å². The number of hydrogen-bond acceptors (Lipinski definition) is 5. The average molecular weight is 330 g/mol. The lowest BCUT2D eigenvalue weighted by molar-refractivity contribution is 0.399.